The average molecular weight is 471 g/mol. The van der Waals surface area contributed by atoms with E-state index < -0.39 is 23.8 Å². The van der Waals surface area contributed by atoms with E-state index in [2.05, 4.69) is 10.6 Å². The minimum atomic E-state index is -0.823. The van der Waals surface area contributed by atoms with Crippen molar-refractivity contribution in [2.24, 2.45) is 5.92 Å². The van der Waals surface area contributed by atoms with Crippen molar-refractivity contribution in [1.82, 2.24) is 10.2 Å². The zero-order valence-electron chi connectivity index (χ0n) is 16.7. The number of halogens is 3. The maximum atomic E-state index is 12.9. The third-order valence-electron chi connectivity index (χ3n) is 4.30. The second kappa shape index (κ2) is 10.7. The molecule has 0 aliphatic carbocycles. The third-order valence-corrected chi connectivity index (χ3v) is 5.37. The van der Waals surface area contributed by atoms with Gasteiger partial charge >= 0.3 is 0 Å². The van der Waals surface area contributed by atoms with Crippen LogP contribution in [0.1, 0.15) is 24.2 Å². The van der Waals surface area contributed by atoms with Crippen molar-refractivity contribution in [3.05, 3.63) is 63.1 Å². The molecular weight excluding hydrogens is 449 g/mol. The van der Waals surface area contributed by atoms with Gasteiger partial charge in [0, 0.05) is 12.7 Å². The van der Waals surface area contributed by atoms with Crippen molar-refractivity contribution < 1.29 is 14.4 Å². The molecule has 0 aliphatic rings. The van der Waals surface area contributed by atoms with Gasteiger partial charge in [0.05, 0.1) is 27.2 Å². The largest absolute Gasteiger partial charge is 0.340 e. The summed E-state index contributed by atoms with van der Waals surface area (Å²) in [5.41, 5.74) is 0.736. The summed E-state index contributed by atoms with van der Waals surface area (Å²) in [7, 11) is 1.49. The number of rotatable bonds is 7. The van der Waals surface area contributed by atoms with Gasteiger partial charge in [-0.1, -0.05) is 60.8 Å². The van der Waals surface area contributed by atoms with Crippen LogP contribution in [0.25, 0.3) is 0 Å². The van der Waals surface area contributed by atoms with E-state index in [-0.39, 0.29) is 18.0 Å². The first-order valence-electron chi connectivity index (χ1n) is 9.15. The highest BCUT2D eigenvalue weighted by atomic mass is 35.5. The van der Waals surface area contributed by atoms with Gasteiger partial charge in [0.1, 0.15) is 6.04 Å². The fourth-order valence-electron chi connectivity index (χ4n) is 2.68. The normalized spacial score (nSPS) is 11.7. The van der Waals surface area contributed by atoms with Gasteiger partial charge in [-0.15, -0.1) is 0 Å². The van der Waals surface area contributed by atoms with Crippen LogP contribution in [-0.2, 0) is 9.59 Å². The van der Waals surface area contributed by atoms with E-state index in [0.717, 1.165) is 0 Å². The van der Waals surface area contributed by atoms with Crippen molar-refractivity contribution in [3.63, 3.8) is 0 Å². The van der Waals surface area contributed by atoms with Gasteiger partial charge < -0.3 is 15.5 Å². The maximum absolute atomic E-state index is 12.9. The fraction of sp³-hybridized carbons (Fsp3) is 0.286. The zero-order valence-corrected chi connectivity index (χ0v) is 19.0. The number of benzene rings is 2. The number of hydrogen-bond donors (Lipinski definition) is 2. The summed E-state index contributed by atoms with van der Waals surface area (Å²) >= 11 is 17.9. The second-order valence-corrected chi connectivity index (χ2v) is 8.27. The molecular formula is C21H22Cl3N3O3. The summed E-state index contributed by atoms with van der Waals surface area (Å²) in [4.78, 5) is 39.0. The number of hydrogen-bond acceptors (Lipinski definition) is 3. The molecule has 2 N–H and O–H groups in total. The molecule has 3 amide bonds. The van der Waals surface area contributed by atoms with Crippen molar-refractivity contribution in [1.29, 1.82) is 0 Å². The lowest BCUT2D eigenvalue weighted by Gasteiger charge is -2.27. The van der Waals surface area contributed by atoms with Gasteiger partial charge in [0.2, 0.25) is 11.8 Å². The molecule has 2 rings (SSSR count). The number of likely N-dealkylation sites (N-methyl/N-ethyl adjacent to an activating group) is 1. The average Bonchev–Trinajstić information content (AvgIpc) is 2.68. The van der Waals surface area contributed by atoms with E-state index >= 15 is 0 Å². The highest BCUT2D eigenvalue weighted by Crippen LogP contribution is 2.25. The van der Waals surface area contributed by atoms with E-state index in [1.165, 1.54) is 18.0 Å². The molecule has 0 spiro atoms. The van der Waals surface area contributed by atoms with Crippen molar-refractivity contribution >= 4 is 58.2 Å². The number of carbonyl (C=O) groups excluding carboxylic acids is 3. The monoisotopic (exact) mass is 469 g/mol. The van der Waals surface area contributed by atoms with Crippen LogP contribution >= 0.6 is 34.8 Å². The first-order chi connectivity index (χ1) is 14.1. The molecule has 0 aromatic heterocycles. The molecule has 30 heavy (non-hydrogen) atoms. The molecule has 0 radical (unpaired) electrons. The van der Waals surface area contributed by atoms with Crippen LogP contribution < -0.4 is 10.6 Å². The molecule has 0 unspecified atom stereocenters. The summed E-state index contributed by atoms with van der Waals surface area (Å²) < 4.78 is 0. The SMILES string of the molecule is CC(C)[C@H](NC(=O)c1ccccc1Cl)C(=O)N(C)CC(=O)Nc1ccc(Cl)c(Cl)c1. The smallest absolute Gasteiger partial charge is 0.253 e. The highest BCUT2D eigenvalue weighted by molar-refractivity contribution is 6.42. The van der Waals surface area contributed by atoms with E-state index in [4.69, 9.17) is 34.8 Å². The number of anilines is 1. The van der Waals surface area contributed by atoms with Crippen LogP contribution in [0.4, 0.5) is 5.69 Å². The summed E-state index contributed by atoms with van der Waals surface area (Å²) in [5, 5.41) is 6.34. The molecule has 0 aliphatic heterocycles. The molecule has 0 bridgehead atoms. The molecule has 1 atom stereocenters. The maximum Gasteiger partial charge on any atom is 0.253 e. The molecule has 0 saturated heterocycles. The number of nitrogens with one attached hydrogen (secondary N) is 2. The Kier molecular flexibility index (Phi) is 8.53. The topological polar surface area (TPSA) is 78.5 Å². The molecule has 2 aromatic rings. The molecule has 0 fully saturated rings. The van der Waals surface area contributed by atoms with Crippen LogP contribution in [0.5, 0.6) is 0 Å². The standard InChI is InChI=1S/C21H22Cl3N3O3/c1-12(2)19(26-20(29)14-6-4-5-7-15(14)22)21(30)27(3)11-18(28)25-13-8-9-16(23)17(24)10-13/h4-10,12,19H,11H2,1-3H3,(H,25,28)(H,26,29)/t19-/m0/s1. The van der Waals surface area contributed by atoms with Gasteiger partial charge in [0.25, 0.3) is 5.91 Å². The predicted molar refractivity (Wildman–Crippen MR) is 120 cm³/mol. The molecule has 2 aromatic carbocycles. The number of carbonyl (C=O) groups is 3. The van der Waals surface area contributed by atoms with E-state index in [0.29, 0.717) is 20.8 Å². The van der Waals surface area contributed by atoms with Crippen molar-refractivity contribution in [2.45, 2.75) is 19.9 Å². The zero-order chi connectivity index (χ0) is 22.4. The van der Waals surface area contributed by atoms with Crippen LogP contribution in [-0.4, -0.2) is 42.3 Å². The first kappa shape index (κ1) is 24.0. The summed E-state index contributed by atoms with van der Waals surface area (Å²) in [6.07, 6.45) is 0. The lowest BCUT2D eigenvalue weighted by Crippen LogP contribution is -2.51. The van der Waals surface area contributed by atoms with Gasteiger partial charge in [-0.25, -0.2) is 0 Å². The van der Waals surface area contributed by atoms with E-state index in [1.807, 2.05) is 0 Å². The first-order valence-corrected chi connectivity index (χ1v) is 10.3. The minimum Gasteiger partial charge on any atom is -0.340 e. The van der Waals surface area contributed by atoms with E-state index in [9.17, 15) is 14.4 Å². The van der Waals surface area contributed by atoms with E-state index in [1.54, 1.807) is 50.2 Å². The Labute approximate surface area is 190 Å². The molecule has 0 saturated carbocycles. The Morgan fingerprint density at radius 1 is 0.967 bits per heavy atom. The lowest BCUT2D eigenvalue weighted by atomic mass is 10.0. The van der Waals surface area contributed by atoms with Crippen LogP contribution in [0, 0.1) is 5.92 Å². The lowest BCUT2D eigenvalue weighted by molar-refractivity contribution is -0.135. The Hall–Kier alpha value is -2.28. The minimum absolute atomic E-state index is 0.204. The van der Waals surface area contributed by atoms with Gasteiger partial charge in [-0.05, 0) is 36.2 Å². The van der Waals surface area contributed by atoms with Crippen LogP contribution in [0.15, 0.2) is 42.5 Å². The van der Waals surface area contributed by atoms with Gasteiger partial charge in [-0.2, -0.15) is 0 Å². The highest BCUT2D eigenvalue weighted by Gasteiger charge is 2.28. The summed E-state index contributed by atoms with van der Waals surface area (Å²) in [6.45, 7) is 3.41. The summed E-state index contributed by atoms with van der Waals surface area (Å²) in [6, 6.07) is 10.4. The Balaban J connectivity index is 2.03. The Bertz CT molecular complexity index is 950. The fourth-order valence-corrected chi connectivity index (χ4v) is 3.20. The van der Waals surface area contributed by atoms with Crippen molar-refractivity contribution in [3.8, 4) is 0 Å². The Morgan fingerprint density at radius 2 is 1.63 bits per heavy atom. The van der Waals surface area contributed by atoms with Gasteiger partial charge in [-0.3, -0.25) is 14.4 Å². The summed E-state index contributed by atoms with van der Waals surface area (Å²) in [5.74, 6) is -1.47. The Morgan fingerprint density at radius 3 is 2.23 bits per heavy atom. The number of amides is 3. The van der Waals surface area contributed by atoms with Crippen LogP contribution in [0.2, 0.25) is 15.1 Å². The number of nitrogens with zero attached hydrogens (tertiary/aromatic N) is 1. The van der Waals surface area contributed by atoms with Crippen LogP contribution in [0.3, 0.4) is 0 Å². The van der Waals surface area contributed by atoms with Crippen molar-refractivity contribution in [2.75, 3.05) is 18.9 Å². The van der Waals surface area contributed by atoms with Gasteiger partial charge in [0.15, 0.2) is 0 Å². The quantitative estimate of drug-likeness (QED) is 0.625. The molecule has 160 valence electrons. The second-order valence-electron chi connectivity index (χ2n) is 7.05. The third kappa shape index (κ3) is 6.36. The molecule has 0 heterocycles. The molecule has 9 heteroatoms. The predicted octanol–water partition coefficient (Wildman–Crippen LogP) is 4.50. The molecule has 6 nitrogen and oxygen atoms in total.